The summed E-state index contributed by atoms with van der Waals surface area (Å²) in [5.41, 5.74) is 15.8. The number of carbonyl (C=O) groups excluding carboxylic acids is 1. The Morgan fingerprint density at radius 3 is 1.34 bits per heavy atom. The Balaban J connectivity index is 0.000000682. The summed E-state index contributed by atoms with van der Waals surface area (Å²) in [7, 11) is 0. The fourth-order valence-electron chi connectivity index (χ4n) is 4.57. The predicted octanol–water partition coefficient (Wildman–Crippen LogP) is 11.9. The lowest BCUT2D eigenvalue weighted by atomic mass is 10.2. The van der Waals surface area contributed by atoms with Crippen LogP contribution in [0, 0.1) is 13.8 Å². The Morgan fingerprint density at radius 2 is 0.893 bits per heavy atom. The third-order valence-corrected chi connectivity index (χ3v) is 8.59. The number of aromatic nitrogens is 4. The summed E-state index contributed by atoms with van der Waals surface area (Å²) < 4.78 is 3.12. The maximum Gasteiger partial charge on any atom is 0.214 e. The number of carbonyl (C=O) groups is 1. The van der Waals surface area contributed by atoms with Gasteiger partial charge in [0.05, 0.1) is 22.1 Å². The second kappa shape index (κ2) is 24.7. The number of anilines is 1. The number of nitrogens with two attached hydrogens (primary N) is 2. The van der Waals surface area contributed by atoms with Gasteiger partial charge in [0, 0.05) is 59.3 Å². The number of nitrogen functional groups attached to an aromatic ring is 1. The maximum atomic E-state index is 9.22. The van der Waals surface area contributed by atoms with Crippen LogP contribution in [-0.2, 0) is 4.79 Å². The molecule has 0 bridgehead atoms. The fraction of sp³-hybridized carbons (Fsp3) is 0.119. The molecule has 0 aliphatic carbocycles. The van der Waals surface area contributed by atoms with Crippen LogP contribution in [0.1, 0.15) is 33.2 Å². The topological polar surface area (TPSA) is 207 Å². The highest BCUT2D eigenvalue weighted by Gasteiger charge is 1.98. The molecule has 0 saturated heterocycles. The average Bonchev–Trinajstić information content (AvgIpc) is 3.08. The van der Waals surface area contributed by atoms with Gasteiger partial charge in [0.25, 0.3) is 0 Å². The number of hydrogen-bond acceptors (Lipinski definition) is 8. The SMILES string of the molecule is C.C.CC(N)=O.Cc1ccc2ccc(Br)cc2n1.Cc1ccc2ccc(O)cc2n1.Clc1ccc2ccc(Br)cc2n1.N.Nc1ccc2ccc(Br)cc2n1.O. The molecule has 8 aromatic rings. The highest BCUT2D eigenvalue weighted by molar-refractivity contribution is 9.11. The van der Waals surface area contributed by atoms with E-state index in [0.717, 1.165) is 63.0 Å². The molecule has 4 aromatic carbocycles. The molecule has 8 rings (SSSR count). The summed E-state index contributed by atoms with van der Waals surface area (Å²) in [4.78, 5) is 26.3. The third-order valence-electron chi connectivity index (χ3n) is 6.90. The Bertz CT molecular complexity index is 2010. The number of fused-ring (bicyclic) bond motifs is 4. The quantitative estimate of drug-likeness (QED) is 0.107. The van der Waals surface area contributed by atoms with Crippen molar-refractivity contribution in [3.63, 3.8) is 0 Å². The lowest BCUT2D eigenvalue weighted by Gasteiger charge is -1.98. The Hall–Kier alpha value is -4.76. The minimum Gasteiger partial charge on any atom is -0.508 e. The Labute approximate surface area is 358 Å². The van der Waals surface area contributed by atoms with Crippen molar-refractivity contribution in [2.45, 2.75) is 35.6 Å². The van der Waals surface area contributed by atoms with E-state index in [1.54, 1.807) is 24.3 Å². The molecular weight excluding hydrogens is 926 g/mol. The zero-order chi connectivity index (χ0) is 37.8. The van der Waals surface area contributed by atoms with Crippen molar-refractivity contribution in [2.24, 2.45) is 5.73 Å². The molecule has 14 heteroatoms. The lowest BCUT2D eigenvalue weighted by Crippen LogP contribution is -2.01. The molecule has 0 unspecified atom stereocenters. The summed E-state index contributed by atoms with van der Waals surface area (Å²) in [6.07, 6.45) is 0. The van der Waals surface area contributed by atoms with E-state index in [0.29, 0.717) is 11.0 Å². The molecule has 10 N–H and O–H groups in total. The molecule has 0 radical (unpaired) electrons. The highest BCUT2D eigenvalue weighted by atomic mass is 79.9. The van der Waals surface area contributed by atoms with Gasteiger partial charge in [-0.3, -0.25) is 14.8 Å². The van der Waals surface area contributed by atoms with Crippen LogP contribution in [0.4, 0.5) is 5.82 Å². The molecule has 0 saturated carbocycles. The first kappa shape index (κ1) is 51.2. The first-order valence-electron chi connectivity index (χ1n) is 15.6. The minimum atomic E-state index is -0.333. The Kier molecular flexibility index (Phi) is 22.6. The van der Waals surface area contributed by atoms with E-state index in [-0.39, 0.29) is 38.1 Å². The van der Waals surface area contributed by atoms with Crippen LogP contribution in [0.15, 0.2) is 135 Å². The van der Waals surface area contributed by atoms with Gasteiger partial charge >= 0.3 is 0 Å². The van der Waals surface area contributed by atoms with E-state index >= 15 is 0 Å². The van der Waals surface area contributed by atoms with E-state index in [9.17, 15) is 9.90 Å². The standard InChI is InChI=1S/C10H8BrN.C10H9NO.C9H5BrClN.C9H7BrN2.C2H5NO.2CH4.H3N.H2O/c1-7-2-3-8-4-5-9(11)6-10(8)12-7;1-7-2-3-8-4-5-9(12)6-10(8)11-7;2*10-7-3-1-6-2-4-9(11)12-8(6)5-7;1-2(3)4;;;;/h2-6H,1H3;2-6,12H,1H3;1-5H;1-5H,(H2,11,12);1H3,(H2,3,4);2*1H4;1H3;1H2. The maximum absolute atomic E-state index is 9.22. The van der Waals surface area contributed by atoms with E-state index in [1.165, 1.54) is 12.3 Å². The molecule has 1 amide bonds. The number of primary amides is 1. The van der Waals surface area contributed by atoms with Gasteiger partial charge in [-0.05, 0) is 98.8 Å². The van der Waals surface area contributed by atoms with Crippen LogP contribution < -0.4 is 17.6 Å². The van der Waals surface area contributed by atoms with E-state index in [1.807, 2.05) is 98.8 Å². The number of benzene rings is 4. The summed E-state index contributed by atoms with van der Waals surface area (Å²) in [6, 6.07) is 38.8. The second-order valence-electron chi connectivity index (χ2n) is 11.3. The molecule has 4 heterocycles. The number of pyridine rings is 4. The summed E-state index contributed by atoms with van der Waals surface area (Å²) in [5, 5.41) is 14.2. The highest BCUT2D eigenvalue weighted by Crippen LogP contribution is 2.21. The van der Waals surface area contributed by atoms with Crippen LogP contribution >= 0.6 is 59.4 Å². The number of rotatable bonds is 0. The number of nitrogens with zero attached hydrogens (tertiary/aromatic N) is 4. The summed E-state index contributed by atoms with van der Waals surface area (Å²) in [5.74, 6) is 0.487. The molecule has 0 fully saturated rings. The zero-order valence-electron chi connectivity index (χ0n) is 29.6. The van der Waals surface area contributed by atoms with E-state index in [2.05, 4.69) is 85.6 Å². The van der Waals surface area contributed by atoms with Crippen LogP contribution in [0.2, 0.25) is 5.15 Å². The molecule has 10 nitrogen and oxygen atoms in total. The summed E-state index contributed by atoms with van der Waals surface area (Å²) in [6.45, 7) is 5.24. The van der Waals surface area contributed by atoms with Crippen LogP contribution in [0.5, 0.6) is 5.75 Å². The number of amides is 1. The van der Waals surface area contributed by atoms with Crippen molar-refractivity contribution in [3.8, 4) is 5.75 Å². The zero-order valence-corrected chi connectivity index (χ0v) is 35.1. The second-order valence-corrected chi connectivity index (χ2v) is 14.4. The third kappa shape index (κ3) is 16.5. The van der Waals surface area contributed by atoms with Crippen LogP contribution in [0.3, 0.4) is 0 Å². The number of halogens is 4. The molecule has 0 atom stereocenters. The monoisotopic (exact) mass is 969 g/mol. The molecule has 4 aromatic heterocycles. The number of phenolic OH excluding ortho intramolecular Hbond substituents is 1. The molecule has 0 aliphatic heterocycles. The smallest absolute Gasteiger partial charge is 0.214 e. The van der Waals surface area contributed by atoms with Gasteiger partial charge in [0.1, 0.15) is 16.7 Å². The van der Waals surface area contributed by atoms with Crippen LogP contribution in [-0.4, -0.2) is 36.4 Å². The predicted molar refractivity (Wildman–Crippen MR) is 248 cm³/mol. The largest absolute Gasteiger partial charge is 0.508 e. The van der Waals surface area contributed by atoms with Gasteiger partial charge in [0.2, 0.25) is 5.91 Å². The van der Waals surface area contributed by atoms with Crippen molar-refractivity contribution < 1.29 is 15.4 Å². The number of aryl methyl sites for hydroxylation is 2. The minimum absolute atomic E-state index is 0. The van der Waals surface area contributed by atoms with Crippen molar-refractivity contribution in [2.75, 3.05) is 5.73 Å². The van der Waals surface area contributed by atoms with Gasteiger partial charge in [-0.25, -0.2) is 9.97 Å². The molecule has 56 heavy (non-hydrogen) atoms. The van der Waals surface area contributed by atoms with E-state index < -0.39 is 0 Å². The molecule has 0 aliphatic rings. The van der Waals surface area contributed by atoms with E-state index in [4.69, 9.17) is 17.3 Å². The van der Waals surface area contributed by atoms with Crippen LogP contribution in [0.25, 0.3) is 43.6 Å². The normalized spacial score (nSPS) is 9.41. The van der Waals surface area contributed by atoms with Crippen molar-refractivity contribution >= 4 is 115 Å². The average molecular weight is 973 g/mol. The molecule has 296 valence electrons. The molecule has 0 spiro atoms. The lowest BCUT2D eigenvalue weighted by molar-refractivity contribution is -0.115. The van der Waals surface area contributed by atoms with Gasteiger partial charge < -0.3 is 28.2 Å². The fourth-order valence-corrected chi connectivity index (χ4v) is 5.77. The van der Waals surface area contributed by atoms with Crippen molar-refractivity contribution in [1.29, 1.82) is 0 Å². The number of aromatic hydroxyl groups is 1. The van der Waals surface area contributed by atoms with Gasteiger partial charge in [-0.15, -0.1) is 0 Å². The molecular formula is C42H47Br3ClN7O3. The Morgan fingerprint density at radius 1 is 0.571 bits per heavy atom. The summed E-state index contributed by atoms with van der Waals surface area (Å²) >= 11 is 15.9. The van der Waals surface area contributed by atoms with Gasteiger partial charge in [0.15, 0.2) is 0 Å². The first-order valence-corrected chi connectivity index (χ1v) is 18.4. The number of phenols is 1. The van der Waals surface area contributed by atoms with Crippen molar-refractivity contribution in [3.05, 3.63) is 151 Å². The van der Waals surface area contributed by atoms with Crippen molar-refractivity contribution in [1.82, 2.24) is 26.1 Å². The van der Waals surface area contributed by atoms with Gasteiger partial charge in [-0.2, -0.15) is 0 Å². The van der Waals surface area contributed by atoms with Gasteiger partial charge in [-0.1, -0.05) is 105 Å². The first-order chi connectivity index (χ1) is 24.7. The number of hydrogen-bond donors (Lipinski definition) is 4.